The number of sulfonamides is 1. The van der Waals surface area contributed by atoms with Crippen LogP contribution < -0.4 is 4.74 Å². The van der Waals surface area contributed by atoms with Crippen molar-refractivity contribution in [3.63, 3.8) is 0 Å². The Morgan fingerprint density at radius 2 is 1.64 bits per heavy atom. The highest BCUT2D eigenvalue weighted by molar-refractivity contribution is 9.10. The van der Waals surface area contributed by atoms with Crippen molar-refractivity contribution in [1.29, 1.82) is 0 Å². The molecule has 2 heterocycles. The van der Waals surface area contributed by atoms with Crippen LogP contribution >= 0.6 is 15.9 Å². The van der Waals surface area contributed by atoms with Crippen LogP contribution in [0, 0.1) is 5.41 Å². The van der Waals surface area contributed by atoms with Crippen LogP contribution in [0.4, 0.5) is 0 Å². The highest BCUT2D eigenvalue weighted by Crippen LogP contribution is 2.37. The first-order valence-electron chi connectivity index (χ1n) is 11.6. The molecule has 4 rings (SSSR count). The van der Waals surface area contributed by atoms with Crippen molar-refractivity contribution in [3.05, 3.63) is 59.1 Å². The molecule has 6 nitrogen and oxygen atoms in total. The number of nitrogens with zero attached hydrogens (tertiary/aromatic N) is 2. The number of piperidine rings is 2. The van der Waals surface area contributed by atoms with Gasteiger partial charge in [-0.3, -0.25) is 4.79 Å². The van der Waals surface area contributed by atoms with E-state index in [9.17, 15) is 13.2 Å². The molecule has 178 valence electrons. The molecule has 2 aliphatic heterocycles. The summed E-state index contributed by atoms with van der Waals surface area (Å²) in [6, 6.07) is 16.2. The van der Waals surface area contributed by atoms with Crippen LogP contribution in [-0.2, 0) is 14.8 Å². The molecule has 1 amide bonds. The Bertz CT molecular complexity index is 1040. The van der Waals surface area contributed by atoms with Gasteiger partial charge in [0.05, 0.1) is 11.5 Å². The first-order valence-corrected chi connectivity index (χ1v) is 13.8. The van der Waals surface area contributed by atoms with E-state index in [2.05, 4.69) is 15.9 Å². The average molecular weight is 536 g/mol. The molecule has 0 N–H and O–H groups in total. The van der Waals surface area contributed by atoms with Gasteiger partial charge in [-0.1, -0.05) is 34.1 Å². The Kier molecular flexibility index (Phi) is 7.76. The van der Waals surface area contributed by atoms with Crippen LogP contribution in [0.25, 0.3) is 0 Å². The second kappa shape index (κ2) is 10.6. The van der Waals surface area contributed by atoms with E-state index in [1.807, 2.05) is 35.2 Å². The van der Waals surface area contributed by atoms with Crippen molar-refractivity contribution >= 4 is 31.9 Å². The Morgan fingerprint density at radius 1 is 0.939 bits per heavy atom. The second-order valence-electron chi connectivity index (χ2n) is 9.12. The third kappa shape index (κ3) is 5.97. The van der Waals surface area contributed by atoms with E-state index in [1.54, 1.807) is 24.3 Å². The largest absolute Gasteiger partial charge is 0.493 e. The Balaban J connectivity index is 1.57. The molecule has 0 saturated carbocycles. The van der Waals surface area contributed by atoms with Gasteiger partial charge in [-0.15, -0.1) is 0 Å². The summed E-state index contributed by atoms with van der Waals surface area (Å²) in [5.41, 5.74) is -0.564. The molecule has 2 saturated heterocycles. The smallest absolute Gasteiger partial charge is 0.243 e. The predicted molar refractivity (Wildman–Crippen MR) is 132 cm³/mol. The standard InChI is InChI=1S/C25H31BrN2O4S/c26-21-10-12-23(13-11-21)33(30,31)28-17-7-14-25(19-28,20-32-22-8-3-1-4-9-22)18-24(29)27-15-5-2-6-16-27/h1,3-4,8-13H,2,5-7,14-20H2. The number of likely N-dealkylation sites (tertiary alicyclic amines) is 1. The summed E-state index contributed by atoms with van der Waals surface area (Å²) < 4.78 is 35.3. The van der Waals surface area contributed by atoms with E-state index in [0.29, 0.717) is 26.0 Å². The van der Waals surface area contributed by atoms with Crippen LogP contribution in [0.1, 0.15) is 38.5 Å². The third-order valence-electron chi connectivity index (χ3n) is 6.60. The lowest BCUT2D eigenvalue weighted by Gasteiger charge is -2.42. The first kappa shape index (κ1) is 24.2. The van der Waals surface area contributed by atoms with Crippen LogP contribution in [-0.4, -0.2) is 56.3 Å². The maximum absolute atomic E-state index is 13.4. The van der Waals surface area contributed by atoms with E-state index in [1.165, 1.54) is 4.31 Å². The summed E-state index contributed by atoms with van der Waals surface area (Å²) >= 11 is 3.37. The topological polar surface area (TPSA) is 66.9 Å². The van der Waals surface area contributed by atoms with Gasteiger partial charge in [0.1, 0.15) is 5.75 Å². The number of benzene rings is 2. The van der Waals surface area contributed by atoms with Crippen LogP contribution in [0.3, 0.4) is 0 Å². The molecule has 1 unspecified atom stereocenters. The molecule has 0 spiro atoms. The number of hydrogen-bond acceptors (Lipinski definition) is 4. The van der Waals surface area contributed by atoms with Crippen molar-refractivity contribution in [2.24, 2.45) is 5.41 Å². The van der Waals surface area contributed by atoms with E-state index in [0.717, 1.165) is 49.0 Å². The van der Waals surface area contributed by atoms with Crippen molar-refractivity contribution < 1.29 is 17.9 Å². The zero-order valence-corrected chi connectivity index (χ0v) is 21.2. The summed E-state index contributed by atoms with van der Waals surface area (Å²) in [6.45, 7) is 2.61. The first-order chi connectivity index (χ1) is 15.9. The molecule has 0 aliphatic carbocycles. The highest BCUT2D eigenvalue weighted by atomic mass is 79.9. The number of ether oxygens (including phenoxy) is 1. The third-order valence-corrected chi connectivity index (χ3v) is 8.99. The summed E-state index contributed by atoms with van der Waals surface area (Å²) in [4.78, 5) is 15.5. The molecular formula is C25H31BrN2O4S. The van der Waals surface area contributed by atoms with E-state index in [4.69, 9.17) is 4.74 Å². The summed E-state index contributed by atoms with van der Waals surface area (Å²) in [6.07, 6.45) is 4.97. The van der Waals surface area contributed by atoms with Gasteiger partial charge in [-0.05, 0) is 68.5 Å². The number of rotatable bonds is 7. The van der Waals surface area contributed by atoms with Gasteiger partial charge < -0.3 is 9.64 Å². The normalized spacial score (nSPS) is 22.2. The fraction of sp³-hybridized carbons (Fsp3) is 0.480. The van der Waals surface area contributed by atoms with Gasteiger partial charge in [0.2, 0.25) is 15.9 Å². The summed E-state index contributed by atoms with van der Waals surface area (Å²) in [7, 11) is -3.66. The van der Waals surface area contributed by atoms with Crippen LogP contribution in [0.2, 0.25) is 0 Å². The van der Waals surface area contributed by atoms with Crippen LogP contribution in [0.5, 0.6) is 5.75 Å². The van der Waals surface area contributed by atoms with Crippen molar-refractivity contribution in [2.75, 3.05) is 32.8 Å². The molecule has 0 aromatic heterocycles. The Hall–Kier alpha value is -1.90. The van der Waals surface area contributed by atoms with Crippen LogP contribution in [0.15, 0.2) is 64.0 Å². The lowest BCUT2D eigenvalue weighted by Crippen LogP contribution is -2.51. The van der Waals surface area contributed by atoms with Crippen molar-refractivity contribution in [2.45, 2.75) is 43.4 Å². The molecule has 2 aliphatic rings. The molecule has 33 heavy (non-hydrogen) atoms. The summed E-state index contributed by atoms with van der Waals surface area (Å²) in [5.74, 6) is 0.837. The van der Waals surface area contributed by atoms with E-state index < -0.39 is 15.4 Å². The predicted octanol–water partition coefficient (Wildman–Crippen LogP) is 4.70. The fourth-order valence-electron chi connectivity index (χ4n) is 4.77. The monoisotopic (exact) mass is 534 g/mol. The number of carbonyl (C=O) groups excluding carboxylic acids is 1. The van der Waals surface area contributed by atoms with E-state index in [-0.39, 0.29) is 17.3 Å². The molecule has 1 atom stereocenters. The van der Waals surface area contributed by atoms with Crippen molar-refractivity contribution in [3.8, 4) is 5.75 Å². The highest BCUT2D eigenvalue weighted by Gasteiger charge is 2.43. The minimum Gasteiger partial charge on any atom is -0.493 e. The fourth-order valence-corrected chi connectivity index (χ4v) is 6.62. The number of carbonyl (C=O) groups is 1. The minimum atomic E-state index is -3.66. The molecule has 2 fully saturated rings. The quantitative estimate of drug-likeness (QED) is 0.516. The molecular weight excluding hydrogens is 504 g/mol. The van der Waals surface area contributed by atoms with Crippen molar-refractivity contribution in [1.82, 2.24) is 9.21 Å². The summed E-state index contributed by atoms with van der Waals surface area (Å²) in [5, 5.41) is 0. The average Bonchev–Trinajstić information content (AvgIpc) is 2.84. The van der Waals surface area contributed by atoms with Gasteiger partial charge in [0, 0.05) is 42.5 Å². The zero-order chi connectivity index (χ0) is 23.3. The van der Waals surface area contributed by atoms with Gasteiger partial charge in [-0.25, -0.2) is 8.42 Å². The maximum atomic E-state index is 13.4. The minimum absolute atomic E-state index is 0.106. The number of para-hydroxylation sites is 1. The SMILES string of the molecule is O=C(CC1(COc2ccccc2)CCCN(S(=O)(=O)c2ccc(Br)cc2)C1)N1CCCCC1. The Morgan fingerprint density at radius 3 is 2.33 bits per heavy atom. The molecule has 8 heteroatoms. The van der Waals surface area contributed by atoms with Gasteiger partial charge in [0.25, 0.3) is 0 Å². The van der Waals surface area contributed by atoms with Gasteiger partial charge in [-0.2, -0.15) is 4.31 Å². The van der Waals surface area contributed by atoms with Gasteiger partial charge in [0.15, 0.2) is 0 Å². The lowest BCUT2D eigenvalue weighted by atomic mass is 9.78. The Labute approximate surface area is 205 Å². The molecule has 2 aromatic carbocycles. The van der Waals surface area contributed by atoms with E-state index >= 15 is 0 Å². The maximum Gasteiger partial charge on any atom is 0.243 e. The van der Waals surface area contributed by atoms with Gasteiger partial charge >= 0.3 is 0 Å². The molecule has 0 radical (unpaired) electrons. The molecule has 0 bridgehead atoms. The second-order valence-corrected chi connectivity index (χ2v) is 12.0. The molecule has 2 aromatic rings. The lowest BCUT2D eigenvalue weighted by molar-refractivity contribution is -0.136. The zero-order valence-electron chi connectivity index (χ0n) is 18.8. The number of hydrogen-bond donors (Lipinski definition) is 0. The number of halogens is 1. The number of amides is 1.